The van der Waals surface area contributed by atoms with Gasteiger partial charge in [-0.3, -0.25) is 0 Å². The molecular formula is C18H13BrNO2-. The van der Waals surface area contributed by atoms with Gasteiger partial charge in [-0.1, -0.05) is 29.8 Å². The van der Waals surface area contributed by atoms with Gasteiger partial charge in [0.2, 0.25) is 0 Å². The number of halogens is 1. The molecule has 0 atom stereocenters. The Morgan fingerprint density at radius 2 is 1.73 bits per heavy atom. The maximum absolute atomic E-state index is 11.5. The van der Waals surface area contributed by atoms with E-state index in [4.69, 9.17) is 0 Å². The SMILES string of the molecule is Cc1ccc(-c2cc(C(=O)[O-])c3cc(C)cc(Br)c3n2)cc1. The van der Waals surface area contributed by atoms with Gasteiger partial charge in [-0.25, -0.2) is 4.98 Å². The summed E-state index contributed by atoms with van der Waals surface area (Å²) in [6.45, 7) is 3.92. The Hall–Kier alpha value is -2.20. The number of carbonyl (C=O) groups excluding carboxylic acids is 1. The van der Waals surface area contributed by atoms with Crippen molar-refractivity contribution in [1.29, 1.82) is 0 Å². The van der Waals surface area contributed by atoms with Gasteiger partial charge >= 0.3 is 0 Å². The van der Waals surface area contributed by atoms with Gasteiger partial charge in [0.05, 0.1) is 17.2 Å². The smallest absolute Gasteiger partial charge is 0.0858 e. The predicted molar refractivity (Wildman–Crippen MR) is 88.7 cm³/mol. The summed E-state index contributed by atoms with van der Waals surface area (Å²) < 4.78 is 0.777. The molecule has 3 rings (SSSR count). The highest BCUT2D eigenvalue weighted by atomic mass is 79.9. The summed E-state index contributed by atoms with van der Waals surface area (Å²) >= 11 is 3.47. The number of fused-ring (bicyclic) bond motifs is 1. The fraction of sp³-hybridized carbons (Fsp3) is 0.111. The topological polar surface area (TPSA) is 53.0 Å². The molecule has 3 nitrogen and oxygen atoms in total. The predicted octanol–water partition coefficient (Wildman–Crippen LogP) is 3.64. The summed E-state index contributed by atoms with van der Waals surface area (Å²) in [6, 6.07) is 13.1. The molecule has 0 fully saturated rings. The highest BCUT2D eigenvalue weighted by molar-refractivity contribution is 9.10. The summed E-state index contributed by atoms with van der Waals surface area (Å²) in [6.07, 6.45) is 0. The van der Waals surface area contributed by atoms with Crippen LogP contribution in [0.3, 0.4) is 0 Å². The molecule has 0 amide bonds. The number of pyridine rings is 1. The monoisotopic (exact) mass is 354 g/mol. The number of hydrogen-bond acceptors (Lipinski definition) is 3. The molecule has 0 bridgehead atoms. The first kappa shape index (κ1) is 14.7. The van der Waals surface area contributed by atoms with Crippen LogP contribution >= 0.6 is 15.9 Å². The van der Waals surface area contributed by atoms with E-state index in [2.05, 4.69) is 20.9 Å². The number of aromatic carboxylic acids is 1. The van der Waals surface area contributed by atoms with E-state index in [0.717, 1.165) is 21.2 Å². The summed E-state index contributed by atoms with van der Waals surface area (Å²) in [5.74, 6) is -1.20. The van der Waals surface area contributed by atoms with Crippen LogP contribution < -0.4 is 5.11 Å². The van der Waals surface area contributed by atoms with Crippen LogP contribution in [0.4, 0.5) is 0 Å². The van der Waals surface area contributed by atoms with E-state index >= 15 is 0 Å². The fourth-order valence-electron chi connectivity index (χ4n) is 2.46. The quantitative estimate of drug-likeness (QED) is 0.705. The van der Waals surface area contributed by atoms with E-state index in [0.29, 0.717) is 16.6 Å². The highest BCUT2D eigenvalue weighted by Crippen LogP contribution is 2.30. The van der Waals surface area contributed by atoms with Crippen molar-refractivity contribution in [2.45, 2.75) is 13.8 Å². The number of carboxylic acids is 1. The summed E-state index contributed by atoms with van der Waals surface area (Å²) in [7, 11) is 0. The number of carbonyl (C=O) groups is 1. The molecule has 2 aromatic carbocycles. The molecule has 0 unspecified atom stereocenters. The van der Waals surface area contributed by atoms with Crippen molar-refractivity contribution >= 4 is 32.8 Å². The summed E-state index contributed by atoms with van der Waals surface area (Å²) in [5, 5.41) is 12.1. The Labute approximate surface area is 136 Å². The van der Waals surface area contributed by atoms with Crippen LogP contribution in [0.5, 0.6) is 0 Å². The van der Waals surface area contributed by atoms with Crippen LogP contribution in [0.25, 0.3) is 22.2 Å². The van der Waals surface area contributed by atoms with Crippen LogP contribution in [-0.2, 0) is 0 Å². The van der Waals surface area contributed by atoms with E-state index in [1.54, 1.807) is 6.07 Å². The van der Waals surface area contributed by atoms with Gasteiger partial charge in [-0.15, -0.1) is 0 Å². The molecule has 0 aliphatic rings. The van der Waals surface area contributed by atoms with Crippen molar-refractivity contribution in [2.24, 2.45) is 0 Å². The first-order valence-corrected chi connectivity index (χ1v) is 7.64. The second-order valence-corrected chi connectivity index (χ2v) is 6.21. The van der Waals surface area contributed by atoms with E-state index in [-0.39, 0.29) is 5.56 Å². The number of benzene rings is 2. The first-order chi connectivity index (χ1) is 10.5. The minimum atomic E-state index is -1.20. The van der Waals surface area contributed by atoms with Crippen LogP contribution in [0.15, 0.2) is 46.9 Å². The molecule has 0 aliphatic heterocycles. The van der Waals surface area contributed by atoms with Gasteiger partial charge in [0.25, 0.3) is 0 Å². The van der Waals surface area contributed by atoms with Gasteiger partial charge in [0, 0.05) is 21.0 Å². The maximum Gasteiger partial charge on any atom is 0.0858 e. The number of carboxylic acid groups (broad SMARTS) is 1. The molecule has 4 heteroatoms. The molecule has 22 heavy (non-hydrogen) atoms. The molecule has 0 spiro atoms. The van der Waals surface area contributed by atoms with Crippen LogP contribution in [0.1, 0.15) is 21.5 Å². The van der Waals surface area contributed by atoms with Gasteiger partial charge in [0.15, 0.2) is 0 Å². The van der Waals surface area contributed by atoms with E-state index in [9.17, 15) is 9.90 Å². The zero-order valence-corrected chi connectivity index (χ0v) is 13.8. The Morgan fingerprint density at radius 3 is 2.36 bits per heavy atom. The summed E-state index contributed by atoms with van der Waals surface area (Å²) in [4.78, 5) is 16.1. The van der Waals surface area contributed by atoms with E-state index in [1.165, 1.54) is 0 Å². The minimum Gasteiger partial charge on any atom is -0.545 e. The lowest BCUT2D eigenvalue weighted by Gasteiger charge is -2.12. The second kappa shape index (κ2) is 5.54. The highest BCUT2D eigenvalue weighted by Gasteiger charge is 2.11. The van der Waals surface area contributed by atoms with Crippen molar-refractivity contribution < 1.29 is 9.90 Å². The Bertz CT molecular complexity index is 886. The summed E-state index contributed by atoms with van der Waals surface area (Å²) in [5.41, 5.74) is 4.39. The number of aryl methyl sites for hydroxylation is 2. The van der Waals surface area contributed by atoms with Gasteiger partial charge < -0.3 is 9.90 Å². The lowest BCUT2D eigenvalue weighted by molar-refractivity contribution is -0.254. The van der Waals surface area contributed by atoms with Crippen molar-refractivity contribution in [3.63, 3.8) is 0 Å². The molecule has 0 saturated carbocycles. The zero-order chi connectivity index (χ0) is 15.9. The van der Waals surface area contributed by atoms with Crippen molar-refractivity contribution in [3.05, 3.63) is 63.6 Å². The molecule has 110 valence electrons. The third-order valence-corrected chi connectivity index (χ3v) is 4.18. The molecule has 0 saturated heterocycles. The molecule has 1 aromatic heterocycles. The average molecular weight is 355 g/mol. The van der Waals surface area contributed by atoms with Gasteiger partial charge in [-0.2, -0.15) is 0 Å². The molecule has 0 aliphatic carbocycles. The Morgan fingerprint density at radius 1 is 1.05 bits per heavy atom. The lowest BCUT2D eigenvalue weighted by Crippen LogP contribution is -2.22. The normalized spacial score (nSPS) is 10.9. The molecule has 0 N–H and O–H groups in total. The van der Waals surface area contributed by atoms with Crippen LogP contribution in [-0.4, -0.2) is 11.0 Å². The second-order valence-electron chi connectivity index (χ2n) is 5.35. The molecule has 1 heterocycles. The number of hydrogen-bond donors (Lipinski definition) is 0. The minimum absolute atomic E-state index is 0.157. The third-order valence-electron chi connectivity index (χ3n) is 3.58. The van der Waals surface area contributed by atoms with Crippen molar-refractivity contribution in [1.82, 2.24) is 4.98 Å². The first-order valence-electron chi connectivity index (χ1n) is 6.85. The number of rotatable bonds is 2. The van der Waals surface area contributed by atoms with Gasteiger partial charge in [0.1, 0.15) is 0 Å². The lowest BCUT2D eigenvalue weighted by atomic mass is 10.0. The number of nitrogens with zero attached hydrogens (tertiary/aromatic N) is 1. The molecule has 3 aromatic rings. The third kappa shape index (κ3) is 2.62. The zero-order valence-electron chi connectivity index (χ0n) is 12.2. The van der Waals surface area contributed by atoms with E-state index < -0.39 is 5.97 Å². The van der Waals surface area contributed by atoms with Crippen LogP contribution in [0.2, 0.25) is 0 Å². The maximum atomic E-state index is 11.5. The Balaban J connectivity index is 2.34. The standard InChI is InChI=1S/C18H14BrNO2/c1-10-3-5-12(6-4-10)16-9-14(18(21)22)13-7-11(2)8-15(19)17(13)20-16/h3-9H,1-2H3,(H,21,22)/p-1. The van der Waals surface area contributed by atoms with Crippen molar-refractivity contribution in [3.8, 4) is 11.3 Å². The van der Waals surface area contributed by atoms with Gasteiger partial charge in [-0.05, 0) is 53.5 Å². The van der Waals surface area contributed by atoms with E-state index in [1.807, 2.05) is 50.2 Å². The fourth-order valence-corrected chi connectivity index (χ4v) is 3.13. The largest absolute Gasteiger partial charge is 0.545 e. The average Bonchev–Trinajstić information content (AvgIpc) is 2.47. The molecular weight excluding hydrogens is 342 g/mol. The van der Waals surface area contributed by atoms with Crippen molar-refractivity contribution in [2.75, 3.05) is 0 Å². The van der Waals surface area contributed by atoms with Crippen LogP contribution in [0, 0.1) is 13.8 Å². The number of aromatic nitrogens is 1. The Kier molecular flexibility index (Phi) is 3.71. The molecule has 0 radical (unpaired) electrons.